The van der Waals surface area contributed by atoms with Crippen LogP contribution in [0.15, 0.2) is 36.4 Å². The molecular formula is C10H8O8S2. The van der Waals surface area contributed by atoms with Crippen molar-refractivity contribution in [1.29, 1.82) is 0 Å². The van der Waals surface area contributed by atoms with E-state index in [4.69, 9.17) is 9.11 Å². The van der Waals surface area contributed by atoms with Crippen molar-refractivity contribution in [3.05, 3.63) is 36.4 Å². The highest BCUT2D eigenvalue weighted by Crippen LogP contribution is 2.33. The van der Waals surface area contributed by atoms with Gasteiger partial charge in [0.05, 0.1) is 0 Å². The van der Waals surface area contributed by atoms with Crippen LogP contribution in [0.1, 0.15) is 0 Å². The second kappa shape index (κ2) is 4.90. The Morgan fingerprint density at radius 1 is 0.700 bits per heavy atom. The van der Waals surface area contributed by atoms with Crippen LogP contribution in [0.5, 0.6) is 11.5 Å². The highest BCUT2D eigenvalue weighted by atomic mass is 32.3. The maximum atomic E-state index is 10.7. The average Bonchev–Trinajstić information content (AvgIpc) is 2.26. The first-order valence-electron chi connectivity index (χ1n) is 5.01. The fraction of sp³-hybridized carbons (Fsp3) is 0. The van der Waals surface area contributed by atoms with E-state index in [0.717, 1.165) is 0 Å². The lowest BCUT2D eigenvalue weighted by Crippen LogP contribution is -2.08. The second-order valence-corrected chi connectivity index (χ2v) is 5.67. The predicted octanol–water partition coefficient (Wildman–Crippen LogP) is 1.20. The van der Waals surface area contributed by atoms with Crippen LogP contribution in [-0.2, 0) is 20.8 Å². The standard InChI is InChI=1S/C10H8O8S2/c11-19(12,13)17-9-5-1-3-7-8(9)4-2-6-10(7)18-20(14,15)16/h1-6H,(H,11,12,13)(H,14,15,16). The second-order valence-electron chi connectivity index (χ2n) is 3.63. The summed E-state index contributed by atoms with van der Waals surface area (Å²) in [7, 11) is -9.45. The van der Waals surface area contributed by atoms with Gasteiger partial charge in [0.15, 0.2) is 11.5 Å². The fourth-order valence-electron chi connectivity index (χ4n) is 1.62. The van der Waals surface area contributed by atoms with Crippen LogP contribution in [0.4, 0.5) is 0 Å². The zero-order chi connectivity index (χ0) is 15.0. The van der Waals surface area contributed by atoms with Gasteiger partial charge in [-0.05, 0) is 12.1 Å². The molecule has 0 aliphatic rings. The minimum Gasteiger partial charge on any atom is -0.361 e. The molecule has 0 aromatic heterocycles. The average molecular weight is 320 g/mol. The zero-order valence-electron chi connectivity index (χ0n) is 9.62. The summed E-state index contributed by atoms with van der Waals surface area (Å²) in [6.07, 6.45) is 0. The van der Waals surface area contributed by atoms with E-state index < -0.39 is 20.8 Å². The summed E-state index contributed by atoms with van der Waals surface area (Å²) in [6, 6.07) is 8.08. The van der Waals surface area contributed by atoms with Crippen LogP contribution in [0.25, 0.3) is 10.8 Å². The number of fused-ring (bicyclic) bond motifs is 1. The number of hydrogen-bond donors (Lipinski definition) is 2. The Morgan fingerprint density at radius 2 is 1.05 bits per heavy atom. The third kappa shape index (κ3) is 3.57. The summed E-state index contributed by atoms with van der Waals surface area (Å²) in [6.45, 7) is 0. The van der Waals surface area contributed by atoms with Crippen molar-refractivity contribution in [1.82, 2.24) is 0 Å². The molecule has 0 unspecified atom stereocenters. The zero-order valence-corrected chi connectivity index (χ0v) is 11.3. The number of benzene rings is 2. The molecule has 10 heteroatoms. The monoisotopic (exact) mass is 320 g/mol. The lowest BCUT2D eigenvalue weighted by Gasteiger charge is -2.09. The quantitative estimate of drug-likeness (QED) is 0.804. The van der Waals surface area contributed by atoms with Crippen LogP contribution in [-0.4, -0.2) is 25.9 Å². The van der Waals surface area contributed by atoms with Crippen LogP contribution in [0, 0.1) is 0 Å². The Kier molecular flexibility index (Phi) is 3.56. The minimum absolute atomic E-state index is 0.172. The molecule has 0 radical (unpaired) electrons. The Morgan fingerprint density at radius 3 is 1.35 bits per heavy atom. The van der Waals surface area contributed by atoms with Crippen LogP contribution < -0.4 is 8.37 Å². The van der Waals surface area contributed by atoms with Crippen LogP contribution in [0.3, 0.4) is 0 Å². The van der Waals surface area contributed by atoms with Gasteiger partial charge in [0.25, 0.3) is 0 Å². The van der Waals surface area contributed by atoms with Gasteiger partial charge in [-0.25, -0.2) is 0 Å². The molecule has 0 heterocycles. The molecule has 2 aromatic rings. The van der Waals surface area contributed by atoms with E-state index in [1.54, 1.807) is 0 Å². The Balaban J connectivity index is 2.63. The largest absolute Gasteiger partial charge is 0.446 e. The first-order valence-corrected chi connectivity index (χ1v) is 7.74. The van der Waals surface area contributed by atoms with E-state index >= 15 is 0 Å². The molecule has 0 bridgehead atoms. The third-order valence-corrected chi connectivity index (χ3v) is 3.01. The lowest BCUT2D eigenvalue weighted by atomic mass is 10.1. The summed E-state index contributed by atoms with van der Waals surface area (Å²) in [5.41, 5.74) is 0. The topological polar surface area (TPSA) is 127 Å². The van der Waals surface area contributed by atoms with Gasteiger partial charge >= 0.3 is 20.8 Å². The Labute approximate surface area is 114 Å². The summed E-state index contributed by atoms with van der Waals surface area (Å²) < 4.78 is 69.0. The molecule has 0 saturated heterocycles. The van der Waals surface area contributed by atoms with Gasteiger partial charge in [0.2, 0.25) is 0 Å². The van der Waals surface area contributed by atoms with Crippen LogP contribution >= 0.6 is 0 Å². The van der Waals surface area contributed by atoms with E-state index in [9.17, 15) is 16.8 Å². The van der Waals surface area contributed by atoms with Gasteiger partial charge in [-0.15, -0.1) is 0 Å². The maximum Gasteiger partial charge on any atom is 0.446 e. The SMILES string of the molecule is O=S(=O)(O)Oc1cccc2c(OS(=O)(=O)O)cccc12. The fourth-order valence-corrected chi connectivity index (χ4v) is 2.37. The van der Waals surface area contributed by atoms with Gasteiger partial charge in [0.1, 0.15) is 0 Å². The summed E-state index contributed by atoms with van der Waals surface area (Å²) in [4.78, 5) is 0. The predicted molar refractivity (Wildman–Crippen MR) is 68.3 cm³/mol. The van der Waals surface area contributed by atoms with Crippen molar-refractivity contribution >= 4 is 31.6 Å². The minimum atomic E-state index is -4.73. The maximum absolute atomic E-state index is 10.7. The van der Waals surface area contributed by atoms with E-state index in [1.807, 2.05) is 0 Å². The Bertz CT molecular complexity index is 781. The number of hydrogen-bond acceptors (Lipinski definition) is 6. The smallest absolute Gasteiger partial charge is 0.361 e. The van der Waals surface area contributed by atoms with Crippen LogP contribution in [0.2, 0.25) is 0 Å². The number of rotatable bonds is 4. The van der Waals surface area contributed by atoms with Crippen molar-refractivity contribution < 1.29 is 34.3 Å². The molecule has 0 spiro atoms. The van der Waals surface area contributed by atoms with Crippen molar-refractivity contribution in [2.24, 2.45) is 0 Å². The molecule has 8 nitrogen and oxygen atoms in total. The first-order chi connectivity index (χ1) is 9.16. The van der Waals surface area contributed by atoms with E-state index in [0.29, 0.717) is 0 Å². The van der Waals surface area contributed by atoms with Gasteiger partial charge in [-0.2, -0.15) is 16.8 Å². The molecule has 2 N–H and O–H groups in total. The molecule has 20 heavy (non-hydrogen) atoms. The normalized spacial score (nSPS) is 12.3. The highest BCUT2D eigenvalue weighted by Gasteiger charge is 2.15. The Hall–Kier alpha value is -1.88. The van der Waals surface area contributed by atoms with Gasteiger partial charge < -0.3 is 8.37 Å². The van der Waals surface area contributed by atoms with Gasteiger partial charge in [0, 0.05) is 10.8 Å². The van der Waals surface area contributed by atoms with Gasteiger partial charge in [-0.1, -0.05) is 24.3 Å². The molecule has 0 aliphatic heterocycles. The van der Waals surface area contributed by atoms with E-state index in [1.165, 1.54) is 36.4 Å². The molecule has 2 rings (SSSR count). The molecule has 108 valence electrons. The molecular weight excluding hydrogens is 312 g/mol. The lowest BCUT2D eigenvalue weighted by molar-refractivity contribution is 0.384. The molecule has 2 aromatic carbocycles. The summed E-state index contributed by atoms with van der Waals surface area (Å²) in [5.74, 6) is -0.434. The highest BCUT2D eigenvalue weighted by molar-refractivity contribution is 7.81. The molecule has 0 aliphatic carbocycles. The first kappa shape index (κ1) is 14.5. The molecule has 0 amide bonds. The van der Waals surface area contributed by atoms with Gasteiger partial charge in [-0.3, -0.25) is 9.11 Å². The molecule has 0 fully saturated rings. The summed E-state index contributed by atoms with van der Waals surface area (Å²) >= 11 is 0. The van der Waals surface area contributed by atoms with Crippen molar-refractivity contribution in [2.75, 3.05) is 0 Å². The summed E-state index contributed by atoms with van der Waals surface area (Å²) in [5, 5.41) is 0.345. The van der Waals surface area contributed by atoms with E-state index in [2.05, 4.69) is 8.37 Å². The van der Waals surface area contributed by atoms with Crippen molar-refractivity contribution in [2.45, 2.75) is 0 Å². The molecule has 0 atom stereocenters. The van der Waals surface area contributed by atoms with Crippen molar-refractivity contribution in [3.63, 3.8) is 0 Å². The molecule has 0 saturated carbocycles. The van der Waals surface area contributed by atoms with E-state index in [-0.39, 0.29) is 22.3 Å². The van der Waals surface area contributed by atoms with Crippen molar-refractivity contribution in [3.8, 4) is 11.5 Å². The third-order valence-electron chi connectivity index (χ3n) is 2.23.